The molecule has 96 valence electrons. The zero-order valence-corrected chi connectivity index (χ0v) is 12.1. The second-order valence-corrected chi connectivity index (χ2v) is 7.77. The lowest BCUT2D eigenvalue weighted by Gasteiger charge is -2.19. The van der Waals surface area contributed by atoms with Crippen molar-refractivity contribution in [3.8, 4) is 0 Å². The second kappa shape index (κ2) is 8.29. The van der Waals surface area contributed by atoms with E-state index in [1.54, 1.807) is 6.92 Å². The molecule has 0 N–H and O–H groups in total. The predicted molar refractivity (Wildman–Crippen MR) is 67.8 cm³/mol. The van der Waals surface area contributed by atoms with Gasteiger partial charge in [-0.25, -0.2) is 4.57 Å². The highest BCUT2D eigenvalue weighted by Gasteiger charge is 2.29. The molecule has 0 heterocycles. The van der Waals surface area contributed by atoms with Crippen LogP contribution >= 0.6 is 18.2 Å². The largest absolute Gasteiger partial charge is 0.389 e. The molecule has 0 radical (unpaired) electrons. The van der Waals surface area contributed by atoms with Gasteiger partial charge in [0.15, 0.2) is 0 Å². The Labute approximate surface area is 102 Å². The third-order valence-electron chi connectivity index (χ3n) is 1.77. The van der Waals surface area contributed by atoms with Crippen LogP contribution in [-0.4, -0.2) is 24.2 Å². The molecule has 0 aromatic carbocycles. The zero-order valence-electron chi connectivity index (χ0n) is 10.4. The number of Topliss-reactive ketones (excluding diaryl/α,β-unsaturated/α-hetero) is 1. The summed E-state index contributed by atoms with van der Waals surface area (Å²) in [5.74, 6) is -0.0228. The summed E-state index contributed by atoms with van der Waals surface area (Å²) in [5, 5.41) is -0.362. The van der Waals surface area contributed by atoms with Gasteiger partial charge in [0.05, 0.1) is 18.5 Å². The molecule has 0 aromatic heterocycles. The summed E-state index contributed by atoms with van der Waals surface area (Å²) >= 11 is 0.997. The fourth-order valence-electron chi connectivity index (χ4n) is 0.772. The maximum absolute atomic E-state index is 12.2. The van der Waals surface area contributed by atoms with Crippen molar-refractivity contribution in [2.75, 3.05) is 13.2 Å². The summed E-state index contributed by atoms with van der Waals surface area (Å²) in [7, 11) is 0. The number of carbonyl (C=O) groups excluding carboxylic acids is 1. The van der Waals surface area contributed by atoms with Gasteiger partial charge in [-0.1, -0.05) is 13.8 Å². The van der Waals surface area contributed by atoms with Crippen LogP contribution in [0.1, 0.15) is 40.5 Å². The molecule has 0 bridgehead atoms. The van der Waals surface area contributed by atoms with Crippen molar-refractivity contribution < 1.29 is 18.4 Å². The van der Waals surface area contributed by atoms with E-state index in [1.807, 2.05) is 13.8 Å². The van der Waals surface area contributed by atoms with Crippen LogP contribution in [0.4, 0.5) is 0 Å². The molecule has 1 unspecified atom stereocenters. The summed E-state index contributed by atoms with van der Waals surface area (Å²) in [6.45, 7) is 4.66. The standard InChI is InChI=1S/C10H21O4PS/c1-5-7-13-15(12,14-8-6-2)16-10(4)9(3)11/h10H,5-8H2,1-4H3. The Kier molecular flexibility index (Phi) is 8.38. The van der Waals surface area contributed by atoms with Gasteiger partial charge in [0.25, 0.3) is 0 Å². The quantitative estimate of drug-likeness (QED) is 0.597. The minimum Gasteiger partial charge on any atom is -0.301 e. The van der Waals surface area contributed by atoms with Crippen LogP contribution in [0.15, 0.2) is 0 Å². The molecule has 0 spiro atoms. The Balaban J connectivity index is 4.39. The van der Waals surface area contributed by atoms with E-state index in [2.05, 4.69) is 0 Å². The van der Waals surface area contributed by atoms with Gasteiger partial charge in [0.2, 0.25) is 0 Å². The van der Waals surface area contributed by atoms with Gasteiger partial charge in [0, 0.05) is 0 Å². The third kappa shape index (κ3) is 6.69. The first kappa shape index (κ1) is 16.2. The number of rotatable bonds is 9. The van der Waals surface area contributed by atoms with Crippen LogP contribution < -0.4 is 0 Å². The van der Waals surface area contributed by atoms with Gasteiger partial charge >= 0.3 is 6.80 Å². The van der Waals surface area contributed by atoms with Gasteiger partial charge in [-0.15, -0.1) is 0 Å². The summed E-state index contributed by atoms with van der Waals surface area (Å²) in [4.78, 5) is 11.1. The van der Waals surface area contributed by atoms with Crippen molar-refractivity contribution in [3.63, 3.8) is 0 Å². The van der Waals surface area contributed by atoms with Crippen LogP contribution in [-0.2, 0) is 18.4 Å². The topological polar surface area (TPSA) is 52.6 Å². The lowest BCUT2D eigenvalue weighted by atomic mass is 10.3. The van der Waals surface area contributed by atoms with Gasteiger partial charge < -0.3 is 9.05 Å². The van der Waals surface area contributed by atoms with Gasteiger partial charge in [0.1, 0.15) is 5.78 Å². The normalized spacial score (nSPS) is 13.8. The van der Waals surface area contributed by atoms with Gasteiger partial charge in [-0.3, -0.25) is 4.79 Å². The highest BCUT2D eigenvalue weighted by Crippen LogP contribution is 2.62. The Morgan fingerprint density at radius 1 is 1.25 bits per heavy atom. The van der Waals surface area contributed by atoms with Crippen LogP contribution in [0.5, 0.6) is 0 Å². The summed E-state index contributed by atoms with van der Waals surface area (Å²) in [6.07, 6.45) is 1.54. The first-order valence-corrected chi connectivity index (χ1v) is 8.56. The summed E-state index contributed by atoms with van der Waals surface area (Å²) in [5.41, 5.74) is 0. The Bertz CT molecular complexity index is 245. The van der Waals surface area contributed by atoms with Crippen molar-refractivity contribution in [2.45, 2.75) is 45.8 Å². The molecule has 6 heteroatoms. The molecule has 0 saturated carbocycles. The molecule has 0 fully saturated rings. The van der Waals surface area contributed by atoms with E-state index in [4.69, 9.17) is 9.05 Å². The van der Waals surface area contributed by atoms with E-state index >= 15 is 0 Å². The lowest BCUT2D eigenvalue weighted by molar-refractivity contribution is -0.116. The fraction of sp³-hybridized carbons (Fsp3) is 0.900. The maximum Gasteiger partial charge on any atom is 0.389 e. The van der Waals surface area contributed by atoms with Crippen molar-refractivity contribution >= 4 is 24.0 Å². The van der Waals surface area contributed by atoms with E-state index in [0.29, 0.717) is 13.2 Å². The molecule has 0 aliphatic carbocycles. The fourth-order valence-corrected chi connectivity index (χ4v) is 4.74. The van der Waals surface area contributed by atoms with E-state index in [0.717, 1.165) is 24.2 Å². The minimum absolute atomic E-state index is 0.0228. The molecule has 0 aromatic rings. The van der Waals surface area contributed by atoms with E-state index in [1.165, 1.54) is 6.92 Å². The first-order valence-electron chi connectivity index (χ1n) is 5.53. The van der Waals surface area contributed by atoms with Crippen molar-refractivity contribution in [3.05, 3.63) is 0 Å². The second-order valence-electron chi connectivity index (χ2n) is 3.47. The Hall–Kier alpha value is 0.170. The van der Waals surface area contributed by atoms with Crippen LogP contribution in [0, 0.1) is 0 Å². The molecule has 0 aliphatic rings. The molecular weight excluding hydrogens is 247 g/mol. The van der Waals surface area contributed by atoms with E-state index in [9.17, 15) is 9.36 Å². The molecular formula is C10H21O4PS. The monoisotopic (exact) mass is 268 g/mol. The highest BCUT2D eigenvalue weighted by atomic mass is 32.7. The number of carbonyl (C=O) groups is 1. The van der Waals surface area contributed by atoms with Crippen LogP contribution in [0.3, 0.4) is 0 Å². The van der Waals surface area contributed by atoms with Gasteiger partial charge in [-0.2, -0.15) is 0 Å². The number of ketones is 1. The average molecular weight is 268 g/mol. The molecule has 16 heavy (non-hydrogen) atoms. The average Bonchev–Trinajstić information content (AvgIpc) is 2.23. The minimum atomic E-state index is -3.17. The summed E-state index contributed by atoms with van der Waals surface area (Å²) in [6, 6.07) is 0. The molecule has 1 atom stereocenters. The van der Waals surface area contributed by atoms with Crippen LogP contribution in [0.25, 0.3) is 0 Å². The Morgan fingerprint density at radius 2 is 1.69 bits per heavy atom. The highest BCUT2D eigenvalue weighted by molar-refractivity contribution is 8.55. The maximum atomic E-state index is 12.2. The molecule has 0 rings (SSSR count). The smallest absolute Gasteiger partial charge is 0.301 e. The van der Waals surface area contributed by atoms with Crippen molar-refractivity contribution in [1.82, 2.24) is 0 Å². The van der Waals surface area contributed by atoms with Crippen molar-refractivity contribution in [2.24, 2.45) is 0 Å². The molecule has 0 amide bonds. The number of hydrogen-bond acceptors (Lipinski definition) is 5. The van der Waals surface area contributed by atoms with E-state index in [-0.39, 0.29) is 11.0 Å². The number of hydrogen-bond donors (Lipinski definition) is 0. The van der Waals surface area contributed by atoms with Crippen LogP contribution in [0.2, 0.25) is 0 Å². The third-order valence-corrected chi connectivity index (χ3v) is 6.03. The molecule has 0 saturated heterocycles. The lowest BCUT2D eigenvalue weighted by Crippen LogP contribution is -2.09. The van der Waals surface area contributed by atoms with Gasteiger partial charge in [-0.05, 0) is 38.1 Å². The zero-order chi connectivity index (χ0) is 12.6. The predicted octanol–water partition coefficient (Wildman–Crippen LogP) is 3.66. The molecule has 0 aliphatic heterocycles. The first-order chi connectivity index (χ1) is 7.45. The van der Waals surface area contributed by atoms with Crippen molar-refractivity contribution in [1.29, 1.82) is 0 Å². The summed E-state index contributed by atoms with van der Waals surface area (Å²) < 4.78 is 22.7. The SMILES string of the molecule is CCCOP(=O)(OCCC)SC(C)C(C)=O. The molecule has 4 nitrogen and oxygen atoms in total. The Morgan fingerprint density at radius 3 is 2.00 bits per heavy atom. The van der Waals surface area contributed by atoms with E-state index < -0.39 is 6.80 Å².